The van der Waals surface area contributed by atoms with Crippen molar-refractivity contribution >= 4 is 39.1 Å². The van der Waals surface area contributed by atoms with Crippen molar-refractivity contribution in [1.82, 2.24) is 9.55 Å². The molecular formula is C21H23N3O4S. The molecule has 0 radical (unpaired) electrons. The number of hydrogen-bond acceptors (Lipinski definition) is 6. The first-order chi connectivity index (χ1) is 13.6. The number of methoxy groups -OCH3 is 1. The Morgan fingerprint density at radius 3 is 2.38 bits per heavy atom. The summed E-state index contributed by atoms with van der Waals surface area (Å²) < 4.78 is 6.06. The van der Waals surface area contributed by atoms with Gasteiger partial charge in [-0.3, -0.25) is 14.2 Å². The number of benzene rings is 1. The maximum Gasteiger partial charge on any atom is 0.348 e. The SMILES string of the molecule is COC(=O)c1sc2ncn(C(C)C(=O)Nc3c(C)cc(C)cc3C)c(=O)c2c1C. The number of amides is 1. The highest BCUT2D eigenvalue weighted by Gasteiger charge is 2.23. The second-order valence-corrected chi connectivity index (χ2v) is 8.12. The molecule has 7 nitrogen and oxygen atoms in total. The molecule has 1 amide bonds. The quantitative estimate of drug-likeness (QED) is 0.659. The van der Waals surface area contributed by atoms with E-state index in [1.807, 2.05) is 32.9 Å². The fourth-order valence-electron chi connectivity index (χ4n) is 3.43. The lowest BCUT2D eigenvalue weighted by molar-refractivity contribution is -0.118. The first kappa shape index (κ1) is 20.7. The number of nitrogens with zero attached hydrogens (tertiary/aromatic N) is 2. The van der Waals surface area contributed by atoms with Crippen LogP contribution in [0.3, 0.4) is 0 Å². The number of aromatic nitrogens is 2. The van der Waals surface area contributed by atoms with Crippen LogP contribution in [0.5, 0.6) is 0 Å². The molecule has 2 heterocycles. The summed E-state index contributed by atoms with van der Waals surface area (Å²) in [5.74, 6) is -0.822. The Morgan fingerprint density at radius 1 is 1.17 bits per heavy atom. The molecule has 0 saturated carbocycles. The molecule has 152 valence electrons. The van der Waals surface area contributed by atoms with Crippen LogP contribution in [0.2, 0.25) is 0 Å². The maximum absolute atomic E-state index is 13.0. The smallest absolute Gasteiger partial charge is 0.348 e. The van der Waals surface area contributed by atoms with Crippen LogP contribution in [-0.2, 0) is 9.53 Å². The number of rotatable bonds is 4. The topological polar surface area (TPSA) is 90.3 Å². The van der Waals surface area contributed by atoms with Crippen molar-refractivity contribution < 1.29 is 14.3 Å². The number of carbonyl (C=O) groups excluding carboxylic acids is 2. The van der Waals surface area contributed by atoms with Crippen molar-refractivity contribution in [1.29, 1.82) is 0 Å². The molecule has 0 bridgehead atoms. The molecule has 3 aromatic rings. The van der Waals surface area contributed by atoms with E-state index < -0.39 is 12.0 Å². The van der Waals surface area contributed by atoms with Gasteiger partial charge in [0.2, 0.25) is 5.91 Å². The number of ether oxygens (including phenoxy) is 1. The van der Waals surface area contributed by atoms with E-state index in [0.717, 1.165) is 33.7 Å². The van der Waals surface area contributed by atoms with E-state index in [1.165, 1.54) is 18.0 Å². The van der Waals surface area contributed by atoms with Gasteiger partial charge in [0, 0.05) is 5.69 Å². The molecule has 0 aliphatic heterocycles. The first-order valence-electron chi connectivity index (χ1n) is 9.13. The van der Waals surface area contributed by atoms with Crippen molar-refractivity contribution in [3.63, 3.8) is 0 Å². The maximum atomic E-state index is 13.0. The van der Waals surface area contributed by atoms with E-state index in [1.54, 1.807) is 13.8 Å². The van der Waals surface area contributed by atoms with Crippen LogP contribution in [0, 0.1) is 27.7 Å². The summed E-state index contributed by atoms with van der Waals surface area (Å²) in [5.41, 5.74) is 3.93. The third-order valence-corrected chi connectivity index (χ3v) is 6.15. The minimum absolute atomic E-state index is 0.315. The van der Waals surface area contributed by atoms with Gasteiger partial charge in [0.05, 0.1) is 18.8 Å². The van der Waals surface area contributed by atoms with Crippen LogP contribution in [0.25, 0.3) is 10.2 Å². The van der Waals surface area contributed by atoms with Crippen molar-refractivity contribution in [2.45, 2.75) is 40.7 Å². The Balaban J connectivity index is 1.99. The standard InChI is InChI=1S/C21H23N3O4S/c1-10-7-11(2)16(12(3)8-10)23-18(25)14(5)24-9-22-19-15(20(24)26)13(4)17(29-19)21(27)28-6/h7-9,14H,1-6H3,(H,23,25). The zero-order valence-electron chi connectivity index (χ0n) is 17.2. The summed E-state index contributed by atoms with van der Waals surface area (Å²) >= 11 is 1.11. The van der Waals surface area contributed by atoms with Crippen LogP contribution >= 0.6 is 11.3 Å². The fraction of sp³-hybridized carbons (Fsp3) is 0.333. The Labute approximate surface area is 172 Å². The lowest BCUT2D eigenvalue weighted by atomic mass is 10.0. The van der Waals surface area contributed by atoms with E-state index in [9.17, 15) is 14.4 Å². The van der Waals surface area contributed by atoms with Gasteiger partial charge in [0.25, 0.3) is 5.56 Å². The minimum atomic E-state index is -0.777. The highest BCUT2D eigenvalue weighted by molar-refractivity contribution is 7.20. The number of anilines is 1. The summed E-state index contributed by atoms with van der Waals surface area (Å²) in [5, 5.41) is 3.26. The Morgan fingerprint density at radius 2 is 1.79 bits per heavy atom. The largest absolute Gasteiger partial charge is 0.465 e. The molecule has 0 aliphatic rings. The van der Waals surface area contributed by atoms with Crippen LogP contribution in [0.1, 0.15) is 44.9 Å². The van der Waals surface area contributed by atoms with E-state index in [0.29, 0.717) is 20.7 Å². The van der Waals surface area contributed by atoms with Crippen LogP contribution in [-0.4, -0.2) is 28.5 Å². The summed E-state index contributed by atoms with van der Waals surface area (Å²) in [6, 6.07) is 3.21. The lowest BCUT2D eigenvalue weighted by Gasteiger charge is -2.18. The van der Waals surface area contributed by atoms with E-state index in [2.05, 4.69) is 10.3 Å². The summed E-state index contributed by atoms with van der Waals surface area (Å²) in [6.07, 6.45) is 1.35. The van der Waals surface area contributed by atoms with Gasteiger partial charge in [-0.1, -0.05) is 17.7 Å². The van der Waals surface area contributed by atoms with Gasteiger partial charge in [-0.2, -0.15) is 0 Å². The highest BCUT2D eigenvalue weighted by atomic mass is 32.1. The molecule has 1 N–H and O–H groups in total. The predicted molar refractivity (Wildman–Crippen MR) is 114 cm³/mol. The molecule has 1 aromatic carbocycles. The molecule has 0 fully saturated rings. The van der Waals surface area contributed by atoms with Crippen LogP contribution < -0.4 is 10.9 Å². The second kappa shape index (κ2) is 7.79. The predicted octanol–water partition coefficient (Wildman–Crippen LogP) is 3.68. The molecule has 29 heavy (non-hydrogen) atoms. The molecule has 0 saturated heterocycles. The molecule has 2 aromatic heterocycles. The molecule has 3 rings (SSSR count). The number of hydrogen-bond donors (Lipinski definition) is 1. The number of esters is 1. The number of thiophene rings is 1. The number of fused-ring (bicyclic) bond motifs is 1. The third kappa shape index (κ3) is 3.67. The van der Waals surface area contributed by atoms with E-state index >= 15 is 0 Å². The monoisotopic (exact) mass is 413 g/mol. The van der Waals surface area contributed by atoms with Gasteiger partial charge < -0.3 is 10.1 Å². The number of carbonyl (C=O) groups is 2. The van der Waals surface area contributed by atoms with Crippen molar-refractivity contribution in [2.75, 3.05) is 12.4 Å². The minimum Gasteiger partial charge on any atom is -0.465 e. The van der Waals surface area contributed by atoms with Gasteiger partial charge in [0.1, 0.15) is 15.7 Å². The second-order valence-electron chi connectivity index (χ2n) is 7.12. The van der Waals surface area contributed by atoms with E-state index in [-0.39, 0.29) is 11.5 Å². The van der Waals surface area contributed by atoms with Gasteiger partial charge in [-0.05, 0) is 51.3 Å². The first-order valence-corrected chi connectivity index (χ1v) is 9.94. The number of aryl methyl sites for hydroxylation is 4. The molecule has 8 heteroatoms. The normalized spacial score (nSPS) is 12.1. The Kier molecular flexibility index (Phi) is 5.57. The molecule has 0 aliphatic carbocycles. The Hall–Kier alpha value is -3.00. The van der Waals surface area contributed by atoms with Gasteiger partial charge >= 0.3 is 5.97 Å². The highest BCUT2D eigenvalue weighted by Crippen LogP contribution is 2.28. The zero-order valence-corrected chi connectivity index (χ0v) is 18.1. The molecule has 1 unspecified atom stereocenters. The van der Waals surface area contributed by atoms with Crippen LogP contribution in [0.15, 0.2) is 23.3 Å². The van der Waals surface area contributed by atoms with E-state index in [4.69, 9.17) is 4.74 Å². The van der Waals surface area contributed by atoms with Gasteiger partial charge in [-0.25, -0.2) is 9.78 Å². The van der Waals surface area contributed by atoms with Crippen LogP contribution in [0.4, 0.5) is 5.69 Å². The van der Waals surface area contributed by atoms with Gasteiger partial charge in [0.15, 0.2) is 0 Å². The Bertz CT molecular complexity index is 1170. The molecular weight excluding hydrogens is 390 g/mol. The summed E-state index contributed by atoms with van der Waals surface area (Å²) in [4.78, 5) is 42.9. The van der Waals surface area contributed by atoms with Crippen molar-refractivity contribution in [3.8, 4) is 0 Å². The molecule has 0 spiro atoms. The summed E-state index contributed by atoms with van der Waals surface area (Å²) in [7, 11) is 1.29. The fourth-order valence-corrected chi connectivity index (χ4v) is 4.49. The number of nitrogens with one attached hydrogen (secondary N) is 1. The average Bonchev–Trinajstić information content (AvgIpc) is 3.01. The van der Waals surface area contributed by atoms with Crippen molar-refractivity contribution in [3.05, 3.63) is 55.9 Å². The third-order valence-electron chi connectivity index (χ3n) is 4.97. The average molecular weight is 413 g/mol. The summed E-state index contributed by atoms with van der Waals surface area (Å²) in [6.45, 7) is 9.20. The van der Waals surface area contributed by atoms with Crippen molar-refractivity contribution in [2.24, 2.45) is 0 Å². The molecule has 1 atom stereocenters. The lowest BCUT2D eigenvalue weighted by Crippen LogP contribution is -2.32. The zero-order chi connectivity index (χ0) is 21.5. The van der Waals surface area contributed by atoms with Gasteiger partial charge in [-0.15, -0.1) is 11.3 Å².